The number of fused-ring (bicyclic) bond motifs is 1. The van der Waals surface area contributed by atoms with Crippen molar-refractivity contribution in [2.75, 3.05) is 13.2 Å². The molecule has 0 saturated carbocycles. The Bertz CT molecular complexity index is 1330. The molecule has 2 aromatic rings. The quantitative estimate of drug-likeness (QED) is 0.129. The van der Waals surface area contributed by atoms with E-state index in [1.807, 2.05) is 0 Å². The zero-order valence-corrected chi connectivity index (χ0v) is 23.1. The van der Waals surface area contributed by atoms with Gasteiger partial charge >= 0.3 is 0 Å². The van der Waals surface area contributed by atoms with Gasteiger partial charge in [-0.1, -0.05) is 0 Å². The first-order valence-corrected chi connectivity index (χ1v) is 13.7. The van der Waals surface area contributed by atoms with Crippen LogP contribution in [0.25, 0.3) is 0 Å². The molecule has 2 fully saturated rings. The largest absolute Gasteiger partial charge is 0.508 e. The third-order valence-electron chi connectivity index (χ3n) is 7.94. The number of hydrogen-bond acceptors (Lipinski definition) is 18. The molecule has 0 radical (unpaired) electrons. The summed E-state index contributed by atoms with van der Waals surface area (Å²) in [7, 11) is 0. The molecule has 2 aromatic carbocycles. The van der Waals surface area contributed by atoms with E-state index in [0.717, 1.165) is 24.3 Å². The molecule has 13 atom stereocenters. The fourth-order valence-electron chi connectivity index (χ4n) is 5.54. The van der Waals surface area contributed by atoms with Gasteiger partial charge in [-0.15, -0.1) is 0 Å². The SMILES string of the molecule is OCC1OC(OC2C(CO)OC(OC3C(O)c4c(O)cc(O)cc4OC3c3cc(O)c(O)c(O)c3)C(O)C2O)C(O)C(O)C1O. The highest BCUT2D eigenvalue weighted by atomic mass is 16.7. The summed E-state index contributed by atoms with van der Waals surface area (Å²) < 4.78 is 28.1. The molecule has 45 heavy (non-hydrogen) atoms. The molecule has 13 N–H and O–H groups in total. The number of rotatable bonds is 7. The van der Waals surface area contributed by atoms with Gasteiger partial charge in [0, 0.05) is 17.7 Å². The van der Waals surface area contributed by atoms with Gasteiger partial charge in [-0.3, -0.25) is 0 Å². The van der Waals surface area contributed by atoms with Crippen molar-refractivity contribution in [3.05, 3.63) is 35.4 Å². The molecule has 0 bridgehead atoms. The van der Waals surface area contributed by atoms with Crippen LogP contribution in [0.15, 0.2) is 24.3 Å². The highest BCUT2D eigenvalue weighted by Gasteiger charge is 2.53. The van der Waals surface area contributed by atoms with E-state index >= 15 is 0 Å². The van der Waals surface area contributed by atoms with Crippen LogP contribution >= 0.6 is 0 Å². The van der Waals surface area contributed by atoms with Crippen molar-refractivity contribution in [3.63, 3.8) is 0 Å². The van der Waals surface area contributed by atoms with Crippen molar-refractivity contribution in [2.45, 2.75) is 79.7 Å². The second-order valence-corrected chi connectivity index (χ2v) is 10.9. The average Bonchev–Trinajstić information content (AvgIpc) is 2.99. The van der Waals surface area contributed by atoms with E-state index in [4.69, 9.17) is 23.7 Å². The first-order chi connectivity index (χ1) is 21.3. The van der Waals surface area contributed by atoms with Gasteiger partial charge < -0.3 is 90.1 Å². The molecular weight excluding hydrogens is 612 g/mol. The summed E-state index contributed by atoms with van der Waals surface area (Å²) in [6.07, 6.45) is -22.6. The first-order valence-electron chi connectivity index (χ1n) is 13.7. The zero-order chi connectivity index (χ0) is 32.9. The van der Waals surface area contributed by atoms with Crippen LogP contribution in [-0.2, 0) is 18.9 Å². The second-order valence-electron chi connectivity index (χ2n) is 10.9. The summed E-state index contributed by atoms with van der Waals surface area (Å²) >= 11 is 0. The Morgan fingerprint density at radius 3 is 1.76 bits per heavy atom. The van der Waals surface area contributed by atoms with Crippen molar-refractivity contribution in [2.24, 2.45) is 0 Å². The Morgan fingerprint density at radius 2 is 1.16 bits per heavy atom. The summed E-state index contributed by atoms with van der Waals surface area (Å²) in [5.41, 5.74) is -0.372. The Labute approximate surface area is 253 Å². The van der Waals surface area contributed by atoms with Crippen LogP contribution in [0.3, 0.4) is 0 Å². The van der Waals surface area contributed by atoms with Crippen LogP contribution in [0.5, 0.6) is 34.5 Å². The van der Waals surface area contributed by atoms with Crippen molar-refractivity contribution >= 4 is 0 Å². The number of aliphatic hydroxyl groups is 8. The minimum Gasteiger partial charge on any atom is -0.508 e. The minimum absolute atomic E-state index is 0.103. The molecule has 2 saturated heterocycles. The van der Waals surface area contributed by atoms with E-state index < -0.39 is 122 Å². The lowest BCUT2D eigenvalue weighted by Crippen LogP contribution is -2.65. The van der Waals surface area contributed by atoms with E-state index in [1.165, 1.54) is 0 Å². The number of aliphatic hydroxyl groups excluding tert-OH is 8. The minimum atomic E-state index is -2.02. The number of aromatic hydroxyl groups is 5. The van der Waals surface area contributed by atoms with Gasteiger partial charge in [-0.25, -0.2) is 0 Å². The standard InChI is InChI=1S/C27H34O18/c28-5-13-17(35)19(37)21(39)26(42-13)44-24-14(6-29)43-27(22(40)20(24)38)45-25-18(36)15-9(31)3-8(30)4-12(15)41-23(25)7-1-10(32)16(34)11(33)2-7/h1-4,13-14,17-40H,5-6H2. The van der Waals surface area contributed by atoms with E-state index in [2.05, 4.69) is 0 Å². The van der Waals surface area contributed by atoms with E-state index in [1.54, 1.807) is 0 Å². The van der Waals surface area contributed by atoms with Gasteiger partial charge in [0.15, 0.2) is 35.9 Å². The number of phenolic OH excluding ortho intramolecular Hbond substituents is 5. The van der Waals surface area contributed by atoms with Crippen LogP contribution in [-0.4, -0.2) is 147 Å². The summed E-state index contributed by atoms with van der Waals surface area (Å²) in [6.45, 7) is -1.67. The molecular formula is C27H34O18. The maximum Gasteiger partial charge on any atom is 0.200 e. The number of hydrogen-bond donors (Lipinski definition) is 13. The van der Waals surface area contributed by atoms with Crippen LogP contribution in [0.4, 0.5) is 0 Å². The monoisotopic (exact) mass is 646 g/mol. The van der Waals surface area contributed by atoms with Crippen molar-refractivity contribution in [1.29, 1.82) is 0 Å². The predicted octanol–water partition coefficient (Wildman–Crippen LogP) is -3.61. The molecule has 250 valence electrons. The van der Waals surface area contributed by atoms with Gasteiger partial charge in [-0.2, -0.15) is 0 Å². The van der Waals surface area contributed by atoms with Gasteiger partial charge in [0.2, 0.25) is 0 Å². The molecule has 3 aliphatic rings. The molecule has 5 rings (SSSR count). The Hall–Kier alpha value is -3.24. The summed E-state index contributed by atoms with van der Waals surface area (Å²) in [6, 6.07) is 3.88. The highest BCUT2D eigenvalue weighted by molar-refractivity contribution is 5.55. The summed E-state index contributed by atoms with van der Waals surface area (Å²) in [4.78, 5) is 0. The fourth-order valence-corrected chi connectivity index (χ4v) is 5.54. The van der Waals surface area contributed by atoms with Gasteiger partial charge in [0.05, 0.1) is 18.8 Å². The number of phenols is 5. The second kappa shape index (κ2) is 12.9. The highest BCUT2D eigenvalue weighted by Crippen LogP contribution is 2.50. The maximum absolute atomic E-state index is 11.3. The van der Waals surface area contributed by atoms with Crippen molar-refractivity contribution < 1.29 is 90.1 Å². The summed E-state index contributed by atoms with van der Waals surface area (Å²) in [5, 5.41) is 134. The molecule has 18 heteroatoms. The topological polar surface area (TPSA) is 309 Å². The third-order valence-corrected chi connectivity index (χ3v) is 7.94. The molecule has 3 aliphatic heterocycles. The molecule has 0 aliphatic carbocycles. The molecule has 0 aromatic heterocycles. The smallest absolute Gasteiger partial charge is 0.200 e. The molecule has 0 spiro atoms. The van der Waals surface area contributed by atoms with Crippen LogP contribution in [0, 0.1) is 0 Å². The van der Waals surface area contributed by atoms with Gasteiger partial charge in [-0.05, 0) is 12.1 Å². The maximum atomic E-state index is 11.3. The lowest BCUT2D eigenvalue weighted by Gasteiger charge is -2.47. The molecule has 18 nitrogen and oxygen atoms in total. The van der Waals surface area contributed by atoms with E-state index in [9.17, 15) is 66.4 Å². The Kier molecular flexibility index (Phi) is 9.48. The van der Waals surface area contributed by atoms with Crippen molar-refractivity contribution in [3.8, 4) is 34.5 Å². The lowest BCUT2D eigenvalue weighted by molar-refractivity contribution is -0.367. The fraction of sp³-hybridized carbons (Fsp3) is 0.556. The van der Waals surface area contributed by atoms with Crippen LogP contribution in [0.1, 0.15) is 23.3 Å². The lowest BCUT2D eigenvalue weighted by atomic mass is 9.90. The van der Waals surface area contributed by atoms with Crippen molar-refractivity contribution in [1.82, 2.24) is 0 Å². The third kappa shape index (κ3) is 6.03. The van der Waals surface area contributed by atoms with Gasteiger partial charge in [0.1, 0.15) is 78.3 Å². The molecule has 0 amide bonds. The average molecular weight is 647 g/mol. The van der Waals surface area contributed by atoms with E-state index in [-0.39, 0.29) is 16.9 Å². The predicted molar refractivity (Wildman–Crippen MR) is 141 cm³/mol. The number of ether oxygens (including phenoxy) is 5. The van der Waals surface area contributed by atoms with E-state index in [0.29, 0.717) is 0 Å². The van der Waals surface area contributed by atoms with Gasteiger partial charge in [0.25, 0.3) is 0 Å². The molecule has 13 unspecified atom stereocenters. The van der Waals surface area contributed by atoms with Crippen LogP contribution < -0.4 is 4.74 Å². The van der Waals surface area contributed by atoms with Crippen LogP contribution in [0.2, 0.25) is 0 Å². The Morgan fingerprint density at radius 1 is 0.600 bits per heavy atom. The zero-order valence-electron chi connectivity index (χ0n) is 23.1. The summed E-state index contributed by atoms with van der Waals surface area (Å²) in [5.74, 6) is -3.74. The Balaban J connectivity index is 1.43. The molecule has 3 heterocycles. The normalized spacial score (nSPS) is 38.4. The number of benzene rings is 2. The first kappa shape index (κ1) is 33.1.